The Bertz CT molecular complexity index is 268. The Morgan fingerprint density at radius 3 is 2.47 bits per heavy atom. The molecule has 2 heteroatoms. The predicted octanol–water partition coefficient (Wildman–Crippen LogP) is 2.76. The lowest BCUT2D eigenvalue weighted by molar-refractivity contribution is 0.214. The fourth-order valence-corrected chi connectivity index (χ4v) is 1.55. The highest BCUT2D eigenvalue weighted by Crippen LogP contribution is 2.15. The number of benzene rings is 1. The summed E-state index contributed by atoms with van der Waals surface area (Å²) in [6.45, 7) is 4.91. The zero-order valence-corrected chi connectivity index (χ0v) is 9.70. The van der Waals surface area contributed by atoms with Crippen LogP contribution in [0.1, 0.15) is 32.3 Å². The molecule has 2 nitrogen and oxygen atoms in total. The molecule has 0 bridgehead atoms. The number of hydrogen-bond acceptors (Lipinski definition) is 2. The highest BCUT2D eigenvalue weighted by molar-refractivity contribution is 5.27. The number of aryl methyl sites for hydroxylation is 1. The summed E-state index contributed by atoms with van der Waals surface area (Å²) >= 11 is 0. The molecule has 1 aromatic rings. The maximum Gasteiger partial charge on any atom is 0.119 e. The van der Waals surface area contributed by atoms with E-state index in [0.717, 1.165) is 18.6 Å². The first-order valence-corrected chi connectivity index (χ1v) is 5.72. The fourth-order valence-electron chi connectivity index (χ4n) is 1.55. The lowest BCUT2D eigenvalue weighted by Crippen LogP contribution is -2.16. The van der Waals surface area contributed by atoms with E-state index in [1.54, 1.807) is 0 Å². The van der Waals surface area contributed by atoms with Crippen LogP contribution in [0.3, 0.4) is 0 Å². The van der Waals surface area contributed by atoms with E-state index >= 15 is 0 Å². The van der Waals surface area contributed by atoms with Crippen molar-refractivity contribution in [3.63, 3.8) is 0 Å². The Labute approximate surface area is 92.4 Å². The molecule has 2 N–H and O–H groups in total. The van der Waals surface area contributed by atoms with Gasteiger partial charge < -0.3 is 10.5 Å². The summed E-state index contributed by atoms with van der Waals surface area (Å²) in [6, 6.07) is 8.35. The van der Waals surface area contributed by atoms with Crippen LogP contribution in [0.25, 0.3) is 0 Å². The largest absolute Gasteiger partial charge is 0.491 e. The Kier molecular flexibility index (Phi) is 5.19. The fraction of sp³-hybridized carbons (Fsp3) is 0.538. The summed E-state index contributed by atoms with van der Waals surface area (Å²) < 4.78 is 5.71. The first-order chi connectivity index (χ1) is 7.26. The summed E-state index contributed by atoms with van der Waals surface area (Å²) in [5.41, 5.74) is 6.84. The molecule has 15 heavy (non-hydrogen) atoms. The summed E-state index contributed by atoms with van der Waals surface area (Å²) in [4.78, 5) is 0. The summed E-state index contributed by atoms with van der Waals surface area (Å²) in [7, 11) is 0. The van der Waals surface area contributed by atoms with Gasteiger partial charge in [0, 0.05) is 0 Å². The molecule has 0 spiro atoms. The smallest absolute Gasteiger partial charge is 0.119 e. The number of nitrogens with two attached hydrogens (primary N) is 1. The molecular weight excluding hydrogens is 186 g/mol. The van der Waals surface area contributed by atoms with Crippen molar-refractivity contribution in [1.29, 1.82) is 0 Å². The Morgan fingerprint density at radius 1 is 1.27 bits per heavy atom. The maximum absolute atomic E-state index is 5.71. The lowest BCUT2D eigenvalue weighted by Gasteiger charge is -2.13. The van der Waals surface area contributed by atoms with Crippen LogP contribution in [0.2, 0.25) is 0 Å². The molecule has 0 aliphatic carbocycles. The molecule has 0 aliphatic heterocycles. The van der Waals surface area contributed by atoms with E-state index in [-0.39, 0.29) is 6.10 Å². The molecule has 0 aromatic heterocycles. The van der Waals surface area contributed by atoms with Crippen molar-refractivity contribution in [2.45, 2.75) is 39.2 Å². The molecule has 0 fully saturated rings. The molecule has 0 radical (unpaired) electrons. The number of rotatable bonds is 6. The van der Waals surface area contributed by atoms with E-state index in [1.807, 2.05) is 19.1 Å². The molecule has 1 rings (SSSR count). The van der Waals surface area contributed by atoms with Crippen LogP contribution in [0.5, 0.6) is 5.75 Å². The van der Waals surface area contributed by atoms with E-state index in [4.69, 9.17) is 10.5 Å². The third-order valence-electron chi connectivity index (χ3n) is 2.37. The minimum absolute atomic E-state index is 0.201. The van der Waals surface area contributed by atoms with Gasteiger partial charge in [-0.2, -0.15) is 0 Å². The van der Waals surface area contributed by atoms with Crippen LogP contribution in [0.15, 0.2) is 24.3 Å². The highest BCUT2D eigenvalue weighted by atomic mass is 16.5. The molecule has 1 aromatic carbocycles. The van der Waals surface area contributed by atoms with Gasteiger partial charge in [0.05, 0.1) is 6.10 Å². The lowest BCUT2D eigenvalue weighted by atomic mass is 10.1. The molecule has 1 atom stereocenters. The zero-order chi connectivity index (χ0) is 11.1. The molecule has 0 saturated carbocycles. The Hall–Kier alpha value is -1.02. The first-order valence-electron chi connectivity index (χ1n) is 5.72. The third kappa shape index (κ3) is 4.34. The normalized spacial score (nSPS) is 12.5. The van der Waals surface area contributed by atoms with Crippen LogP contribution in [0, 0.1) is 0 Å². The van der Waals surface area contributed by atoms with Gasteiger partial charge >= 0.3 is 0 Å². The second kappa shape index (κ2) is 6.46. The maximum atomic E-state index is 5.71. The van der Waals surface area contributed by atoms with Crippen molar-refractivity contribution in [3.8, 4) is 5.75 Å². The van der Waals surface area contributed by atoms with Crippen LogP contribution in [-0.4, -0.2) is 12.6 Å². The predicted molar refractivity (Wildman–Crippen MR) is 64.2 cm³/mol. The molecule has 1 unspecified atom stereocenters. The molecule has 0 aliphatic rings. The third-order valence-corrected chi connectivity index (χ3v) is 2.37. The molecule has 0 heterocycles. The van der Waals surface area contributed by atoms with Crippen molar-refractivity contribution in [2.75, 3.05) is 6.54 Å². The standard InChI is InChI=1S/C13H21NO/c1-3-4-12-5-7-13(8-6-12)15-11(2)9-10-14/h5-8,11H,3-4,9-10,14H2,1-2H3. The van der Waals surface area contributed by atoms with E-state index in [0.29, 0.717) is 6.54 Å². The van der Waals surface area contributed by atoms with E-state index in [9.17, 15) is 0 Å². The minimum Gasteiger partial charge on any atom is -0.491 e. The van der Waals surface area contributed by atoms with Crippen molar-refractivity contribution in [3.05, 3.63) is 29.8 Å². The van der Waals surface area contributed by atoms with Gasteiger partial charge in [0.1, 0.15) is 5.75 Å². The molecule has 84 valence electrons. The average molecular weight is 207 g/mol. The van der Waals surface area contributed by atoms with Gasteiger partial charge in [-0.1, -0.05) is 25.5 Å². The van der Waals surface area contributed by atoms with Crippen LogP contribution in [-0.2, 0) is 6.42 Å². The van der Waals surface area contributed by atoms with E-state index in [1.165, 1.54) is 12.0 Å². The second-order valence-corrected chi connectivity index (χ2v) is 3.90. The second-order valence-electron chi connectivity index (χ2n) is 3.90. The zero-order valence-electron chi connectivity index (χ0n) is 9.70. The van der Waals surface area contributed by atoms with Crippen molar-refractivity contribution in [2.24, 2.45) is 5.73 Å². The Morgan fingerprint density at radius 2 is 1.93 bits per heavy atom. The summed E-state index contributed by atoms with van der Waals surface area (Å²) in [5, 5.41) is 0. The minimum atomic E-state index is 0.201. The highest BCUT2D eigenvalue weighted by Gasteiger charge is 2.02. The molecule has 0 saturated heterocycles. The van der Waals surface area contributed by atoms with Gasteiger partial charge in [-0.3, -0.25) is 0 Å². The van der Waals surface area contributed by atoms with Gasteiger partial charge in [-0.15, -0.1) is 0 Å². The summed E-state index contributed by atoms with van der Waals surface area (Å²) in [6.07, 6.45) is 3.42. The van der Waals surface area contributed by atoms with Gasteiger partial charge in [0.25, 0.3) is 0 Å². The monoisotopic (exact) mass is 207 g/mol. The van der Waals surface area contributed by atoms with Crippen molar-refractivity contribution >= 4 is 0 Å². The first kappa shape index (κ1) is 12.1. The van der Waals surface area contributed by atoms with Crippen LogP contribution in [0.4, 0.5) is 0 Å². The molecule has 0 amide bonds. The SMILES string of the molecule is CCCc1ccc(OC(C)CCN)cc1. The van der Waals surface area contributed by atoms with Gasteiger partial charge in [-0.25, -0.2) is 0 Å². The van der Waals surface area contributed by atoms with E-state index in [2.05, 4.69) is 19.1 Å². The van der Waals surface area contributed by atoms with Gasteiger partial charge in [0.15, 0.2) is 0 Å². The topological polar surface area (TPSA) is 35.2 Å². The molecular formula is C13H21NO. The summed E-state index contributed by atoms with van der Waals surface area (Å²) in [5.74, 6) is 0.941. The van der Waals surface area contributed by atoms with Gasteiger partial charge in [0.2, 0.25) is 0 Å². The van der Waals surface area contributed by atoms with Crippen LogP contribution >= 0.6 is 0 Å². The van der Waals surface area contributed by atoms with Crippen molar-refractivity contribution in [1.82, 2.24) is 0 Å². The number of ether oxygens (including phenoxy) is 1. The Balaban J connectivity index is 2.48. The van der Waals surface area contributed by atoms with E-state index < -0.39 is 0 Å². The van der Waals surface area contributed by atoms with Crippen molar-refractivity contribution < 1.29 is 4.74 Å². The van der Waals surface area contributed by atoms with Gasteiger partial charge in [-0.05, 0) is 44.0 Å². The quantitative estimate of drug-likeness (QED) is 0.778. The van der Waals surface area contributed by atoms with Crippen LogP contribution < -0.4 is 10.5 Å². The number of hydrogen-bond donors (Lipinski definition) is 1. The average Bonchev–Trinajstić information content (AvgIpc) is 2.22.